The van der Waals surface area contributed by atoms with Gasteiger partial charge in [0.25, 0.3) is 0 Å². The average molecular weight is 345 g/mol. The molecule has 2 aromatic rings. The Kier molecular flexibility index (Phi) is 6.37. The second-order valence-corrected chi connectivity index (χ2v) is 6.42. The molecule has 0 radical (unpaired) electrons. The first kappa shape index (κ1) is 15.7. The van der Waals surface area contributed by atoms with Crippen LogP contribution < -0.4 is 4.74 Å². The molecule has 0 saturated heterocycles. The van der Waals surface area contributed by atoms with Crippen LogP contribution in [0.2, 0.25) is 5.32 Å². The minimum absolute atomic E-state index is 0.103. The van der Waals surface area contributed by atoms with E-state index in [1.807, 2.05) is 61.5 Å². The molecular formula is C18H18O2Se. The number of rotatable bonds is 5. The third-order valence-corrected chi connectivity index (χ3v) is 4.45. The van der Waals surface area contributed by atoms with Crippen LogP contribution in [0.1, 0.15) is 11.1 Å². The summed E-state index contributed by atoms with van der Waals surface area (Å²) in [6, 6.07) is 17.7. The van der Waals surface area contributed by atoms with Crippen LogP contribution in [0.15, 0.2) is 54.6 Å². The van der Waals surface area contributed by atoms with Gasteiger partial charge in [-0.15, -0.1) is 0 Å². The van der Waals surface area contributed by atoms with Crippen molar-refractivity contribution in [3.05, 3.63) is 65.7 Å². The SMILES string of the molecule is Cc1ccc(OCC(O)C[Se]C#Cc2ccccc2)cc1. The molecule has 21 heavy (non-hydrogen) atoms. The summed E-state index contributed by atoms with van der Waals surface area (Å²) in [4.78, 5) is 3.14. The summed E-state index contributed by atoms with van der Waals surface area (Å²) < 4.78 is 5.55. The predicted molar refractivity (Wildman–Crippen MR) is 86.6 cm³/mol. The molecule has 0 aliphatic heterocycles. The molecule has 1 atom stereocenters. The fourth-order valence-electron chi connectivity index (χ4n) is 1.63. The van der Waals surface area contributed by atoms with Crippen molar-refractivity contribution in [1.29, 1.82) is 0 Å². The van der Waals surface area contributed by atoms with Crippen LogP contribution in [-0.4, -0.2) is 32.8 Å². The van der Waals surface area contributed by atoms with Crippen LogP contribution >= 0.6 is 0 Å². The Labute approximate surface area is 132 Å². The van der Waals surface area contributed by atoms with Crippen molar-refractivity contribution in [2.24, 2.45) is 0 Å². The molecule has 2 nitrogen and oxygen atoms in total. The molecule has 0 heterocycles. The summed E-state index contributed by atoms with van der Waals surface area (Å²) >= 11 is 0.103. The van der Waals surface area contributed by atoms with Gasteiger partial charge in [-0.25, -0.2) is 0 Å². The summed E-state index contributed by atoms with van der Waals surface area (Å²) in [6.07, 6.45) is -0.462. The third-order valence-electron chi connectivity index (χ3n) is 2.78. The van der Waals surface area contributed by atoms with Crippen molar-refractivity contribution in [2.45, 2.75) is 18.3 Å². The Morgan fingerprint density at radius 3 is 2.52 bits per heavy atom. The maximum absolute atomic E-state index is 9.89. The first-order chi connectivity index (χ1) is 10.2. The molecule has 0 spiro atoms. The van der Waals surface area contributed by atoms with E-state index in [0.29, 0.717) is 11.9 Å². The maximum atomic E-state index is 9.89. The van der Waals surface area contributed by atoms with E-state index in [2.05, 4.69) is 10.7 Å². The van der Waals surface area contributed by atoms with Gasteiger partial charge in [-0.1, -0.05) is 0 Å². The Bertz CT molecular complexity index is 597. The Balaban J connectivity index is 1.69. The molecule has 0 bridgehead atoms. The van der Waals surface area contributed by atoms with Crippen molar-refractivity contribution >= 4 is 15.0 Å². The molecule has 0 aliphatic rings. The van der Waals surface area contributed by atoms with E-state index in [-0.39, 0.29) is 15.0 Å². The summed E-state index contributed by atoms with van der Waals surface area (Å²) in [6.45, 7) is 2.35. The minimum atomic E-state index is -0.462. The molecule has 2 aromatic carbocycles. The number of ether oxygens (including phenoxy) is 1. The van der Waals surface area contributed by atoms with E-state index in [0.717, 1.165) is 11.3 Å². The van der Waals surface area contributed by atoms with Gasteiger partial charge in [0.2, 0.25) is 0 Å². The quantitative estimate of drug-likeness (QED) is 0.667. The van der Waals surface area contributed by atoms with E-state index in [4.69, 9.17) is 4.74 Å². The number of aliphatic hydroxyl groups excluding tert-OH is 1. The molecule has 3 heteroatoms. The topological polar surface area (TPSA) is 29.5 Å². The molecule has 0 fully saturated rings. The fourth-order valence-corrected chi connectivity index (χ4v) is 2.81. The average Bonchev–Trinajstić information content (AvgIpc) is 2.52. The Hall–Kier alpha value is -1.72. The third kappa shape index (κ3) is 6.06. The van der Waals surface area contributed by atoms with Crippen LogP contribution in [0.4, 0.5) is 0 Å². The van der Waals surface area contributed by atoms with Gasteiger partial charge in [0, 0.05) is 0 Å². The van der Waals surface area contributed by atoms with Crippen LogP contribution in [0, 0.1) is 17.7 Å². The zero-order valence-electron chi connectivity index (χ0n) is 12.0. The predicted octanol–water partition coefficient (Wildman–Crippen LogP) is 2.87. The zero-order valence-corrected chi connectivity index (χ0v) is 13.7. The normalized spacial score (nSPS) is 11.3. The summed E-state index contributed by atoms with van der Waals surface area (Å²) in [5.41, 5.74) is 2.21. The summed E-state index contributed by atoms with van der Waals surface area (Å²) in [5.74, 6) is 3.90. The molecule has 1 unspecified atom stereocenters. The van der Waals surface area contributed by atoms with Gasteiger partial charge in [-0.05, 0) is 0 Å². The summed E-state index contributed by atoms with van der Waals surface area (Å²) in [5, 5.41) is 10.6. The Morgan fingerprint density at radius 2 is 1.81 bits per heavy atom. The van der Waals surface area contributed by atoms with E-state index in [9.17, 15) is 5.11 Å². The number of aliphatic hydroxyl groups is 1. The first-order valence-electron chi connectivity index (χ1n) is 6.79. The molecule has 0 aliphatic carbocycles. The van der Waals surface area contributed by atoms with E-state index < -0.39 is 6.10 Å². The molecule has 0 aromatic heterocycles. The molecule has 1 N–H and O–H groups in total. The van der Waals surface area contributed by atoms with Crippen molar-refractivity contribution in [3.63, 3.8) is 0 Å². The number of benzene rings is 2. The van der Waals surface area contributed by atoms with Crippen LogP contribution in [0.25, 0.3) is 0 Å². The molecule has 0 saturated carbocycles. The number of hydrogen-bond donors (Lipinski definition) is 1. The van der Waals surface area contributed by atoms with Crippen molar-refractivity contribution < 1.29 is 9.84 Å². The number of aryl methyl sites for hydroxylation is 1. The van der Waals surface area contributed by atoms with Gasteiger partial charge in [0.1, 0.15) is 0 Å². The number of hydrogen-bond acceptors (Lipinski definition) is 2. The van der Waals surface area contributed by atoms with Crippen LogP contribution in [0.5, 0.6) is 5.75 Å². The van der Waals surface area contributed by atoms with Gasteiger partial charge in [-0.2, -0.15) is 0 Å². The molecular weight excluding hydrogens is 327 g/mol. The zero-order chi connectivity index (χ0) is 14.9. The van der Waals surface area contributed by atoms with E-state index >= 15 is 0 Å². The molecule has 108 valence electrons. The second-order valence-electron chi connectivity index (χ2n) is 4.68. The van der Waals surface area contributed by atoms with Crippen molar-refractivity contribution in [3.8, 4) is 16.5 Å². The van der Waals surface area contributed by atoms with Gasteiger partial charge in [0.05, 0.1) is 0 Å². The van der Waals surface area contributed by atoms with Gasteiger partial charge < -0.3 is 0 Å². The first-order valence-corrected chi connectivity index (χ1v) is 8.86. The second kappa shape index (κ2) is 8.54. The van der Waals surface area contributed by atoms with Crippen LogP contribution in [-0.2, 0) is 0 Å². The monoisotopic (exact) mass is 346 g/mol. The van der Waals surface area contributed by atoms with Gasteiger partial charge >= 0.3 is 132 Å². The van der Waals surface area contributed by atoms with Gasteiger partial charge in [-0.3, -0.25) is 0 Å². The Morgan fingerprint density at radius 1 is 1.10 bits per heavy atom. The standard InChI is InChI=1S/C18H18O2Se/c1-15-7-9-18(10-8-15)20-13-17(19)14-21-12-11-16-5-3-2-4-6-16/h2-10,17,19H,13-14H2,1H3. The molecule has 0 amide bonds. The van der Waals surface area contributed by atoms with Gasteiger partial charge in [0.15, 0.2) is 0 Å². The van der Waals surface area contributed by atoms with Crippen molar-refractivity contribution in [1.82, 2.24) is 0 Å². The summed E-state index contributed by atoms with van der Waals surface area (Å²) in [7, 11) is 0. The fraction of sp³-hybridized carbons (Fsp3) is 0.222. The van der Waals surface area contributed by atoms with Crippen molar-refractivity contribution in [2.75, 3.05) is 6.61 Å². The molecule has 2 rings (SSSR count). The van der Waals surface area contributed by atoms with E-state index in [1.54, 1.807) is 0 Å². The van der Waals surface area contributed by atoms with E-state index in [1.165, 1.54) is 5.56 Å². The van der Waals surface area contributed by atoms with Crippen LogP contribution in [0.3, 0.4) is 0 Å².